The Bertz CT molecular complexity index is 185. The average Bonchev–Trinajstić information content (AvgIpc) is 2.73. The normalized spacial score (nSPS) is 21.5. The summed E-state index contributed by atoms with van der Waals surface area (Å²) < 4.78 is 0. The molecule has 2 N–H and O–H groups in total. The second-order valence-corrected chi connectivity index (χ2v) is 4.76. The van der Waals surface area contributed by atoms with E-state index >= 15 is 0 Å². The van der Waals surface area contributed by atoms with E-state index in [1.165, 1.54) is 12.8 Å². The fourth-order valence-electron chi connectivity index (χ4n) is 2.53. The van der Waals surface area contributed by atoms with E-state index < -0.39 is 0 Å². The molecular formula is C13H25NO. The molecule has 0 saturated heterocycles. The highest BCUT2D eigenvalue weighted by molar-refractivity contribution is 4.94. The summed E-state index contributed by atoms with van der Waals surface area (Å²) in [5, 5.41) is 13.2. The molecule has 0 aromatic heterocycles. The molecule has 0 spiro atoms. The van der Waals surface area contributed by atoms with Crippen molar-refractivity contribution in [2.75, 3.05) is 6.61 Å². The van der Waals surface area contributed by atoms with Crippen molar-refractivity contribution in [3.8, 4) is 0 Å². The van der Waals surface area contributed by atoms with Crippen LogP contribution in [0.4, 0.5) is 0 Å². The fraction of sp³-hybridized carbons (Fsp3) is 0.846. The standard InChI is InChI=1S/C13H25NO/c1-3-5-8-12(4-2)14-13(11-15)9-6-7-10-13/h3,12,14-15H,1,4-11H2,2H3. The van der Waals surface area contributed by atoms with Gasteiger partial charge in [-0.15, -0.1) is 6.58 Å². The van der Waals surface area contributed by atoms with E-state index in [1.54, 1.807) is 0 Å². The van der Waals surface area contributed by atoms with Crippen LogP contribution in [0.15, 0.2) is 12.7 Å². The minimum absolute atomic E-state index is 0.0296. The van der Waals surface area contributed by atoms with E-state index in [9.17, 15) is 5.11 Å². The number of allylic oxidation sites excluding steroid dienone is 1. The van der Waals surface area contributed by atoms with Gasteiger partial charge in [0.25, 0.3) is 0 Å². The van der Waals surface area contributed by atoms with Gasteiger partial charge in [0.05, 0.1) is 6.61 Å². The molecule has 1 aliphatic carbocycles. The van der Waals surface area contributed by atoms with Gasteiger partial charge in [0.2, 0.25) is 0 Å². The maximum absolute atomic E-state index is 9.50. The zero-order valence-corrected chi connectivity index (χ0v) is 9.97. The van der Waals surface area contributed by atoms with Crippen LogP contribution < -0.4 is 5.32 Å². The molecule has 0 bridgehead atoms. The largest absolute Gasteiger partial charge is 0.394 e. The van der Waals surface area contributed by atoms with E-state index in [2.05, 4.69) is 18.8 Å². The molecule has 1 atom stereocenters. The fourth-order valence-corrected chi connectivity index (χ4v) is 2.53. The first-order valence-corrected chi connectivity index (χ1v) is 6.26. The molecule has 2 heteroatoms. The first-order chi connectivity index (χ1) is 7.26. The summed E-state index contributed by atoms with van der Waals surface area (Å²) in [4.78, 5) is 0. The lowest BCUT2D eigenvalue weighted by Crippen LogP contribution is -2.51. The van der Waals surface area contributed by atoms with Crippen molar-refractivity contribution < 1.29 is 5.11 Å². The molecule has 0 radical (unpaired) electrons. The zero-order chi connectivity index (χ0) is 11.1. The number of nitrogens with one attached hydrogen (secondary N) is 1. The van der Waals surface area contributed by atoms with Crippen molar-refractivity contribution in [2.45, 2.75) is 63.5 Å². The third kappa shape index (κ3) is 3.62. The van der Waals surface area contributed by atoms with Crippen LogP contribution in [0.25, 0.3) is 0 Å². The van der Waals surface area contributed by atoms with Crippen molar-refractivity contribution >= 4 is 0 Å². The molecule has 2 nitrogen and oxygen atoms in total. The molecule has 0 amide bonds. The molecule has 88 valence electrons. The summed E-state index contributed by atoms with van der Waals surface area (Å²) >= 11 is 0. The Morgan fingerprint density at radius 3 is 2.60 bits per heavy atom. The van der Waals surface area contributed by atoms with Gasteiger partial charge in [-0.1, -0.05) is 25.8 Å². The number of aliphatic hydroxyl groups excluding tert-OH is 1. The Hall–Kier alpha value is -0.340. The van der Waals surface area contributed by atoms with Crippen LogP contribution in [0, 0.1) is 0 Å². The molecule has 1 fully saturated rings. The highest BCUT2D eigenvalue weighted by Crippen LogP contribution is 2.30. The van der Waals surface area contributed by atoms with E-state index in [1.807, 2.05) is 6.08 Å². The Balaban J connectivity index is 2.43. The minimum Gasteiger partial charge on any atom is -0.394 e. The number of hydrogen-bond acceptors (Lipinski definition) is 2. The van der Waals surface area contributed by atoms with Gasteiger partial charge in [0.1, 0.15) is 0 Å². The molecule has 0 aromatic carbocycles. The summed E-state index contributed by atoms with van der Waals surface area (Å²) in [6, 6.07) is 0.535. The molecule has 1 aliphatic rings. The lowest BCUT2D eigenvalue weighted by atomic mass is 9.95. The van der Waals surface area contributed by atoms with Crippen LogP contribution in [0.3, 0.4) is 0 Å². The molecule has 1 saturated carbocycles. The van der Waals surface area contributed by atoms with Gasteiger partial charge >= 0.3 is 0 Å². The van der Waals surface area contributed by atoms with Crippen molar-refractivity contribution in [1.82, 2.24) is 5.32 Å². The van der Waals surface area contributed by atoms with Crippen molar-refractivity contribution in [2.24, 2.45) is 0 Å². The van der Waals surface area contributed by atoms with Crippen LogP contribution in [0.2, 0.25) is 0 Å². The maximum atomic E-state index is 9.50. The quantitative estimate of drug-likeness (QED) is 0.634. The lowest BCUT2D eigenvalue weighted by Gasteiger charge is -2.33. The second-order valence-electron chi connectivity index (χ2n) is 4.76. The summed E-state index contributed by atoms with van der Waals surface area (Å²) in [7, 11) is 0. The topological polar surface area (TPSA) is 32.3 Å². The van der Waals surface area contributed by atoms with Gasteiger partial charge in [0.15, 0.2) is 0 Å². The van der Waals surface area contributed by atoms with E-state index in [4.69, 9.17) is 0 Å². The van der Waals surface area contributed by atoms with E-state index in [0.29, 0.717) is 6.04 Å². The first-order valence-electron chi connectivity index (χ1n) is 6.26. The van der Waals surface area contributed by atoms with Crippen LogP contribution >= 0.6 is 0 Å². The van der Waals surface area contributed by atoms with Gasteiger partial charge in [-0.3, -0.25) is 0 Å². The number of rotatable bonds is 7. The predicted octanol–water partition coefficient (Wildman–Crippen LogP) is 2.63. The Kier molecular flexibility index (Phi) is 5.34. The third-order valence-electron chi connectivity index (χ3n) is 3.59. The SMILES string of the molecule is C=CCCC(CC)NC1(CO)CCCC1. The second kappa shape index (κ2) is 6.29. The Morgan fingerprint density at radius 1 is 1.47 bits per heavy atom. The van der Waals surface area contributed by atoms with Crippen LogP contribution in [-0.4, -0.2) is 23.3 Å². The molecule has 0 aliphatic heterocycles. The monoisotopic (exact) mass is 211 g/mol. The van der Waals surface area contributed by atoms with Crippen LogP contribution in [-0.2, 0) is 0 Å². The van der Waals surface area contributed by atoms with Gasteiger partial charge in [-0.2, -0.15) is 0 Å². The van der Waals surface area contributed by atoms with Crippen molar-refractivity contribution in [1.29, 1.82) is 0 Å². The van der Waals surface area contributed by atoms with Gasteiger partial charge in [-0.05, 0) is 32.1 Å². The molecule has 1 rings (SSSR count). The molecule has 15 heavy (non-hydrogen) atoms. The van der Waals surface area contributed by atoms with E-state index in [-0.39, 0.29) is 12.1 Å². The average molecular weight is 211 g/mol. The van der Waals surface area contributed by atoms with E-state index in [0.717, 1.165) is 32.1 Å². The van der Waals surface area contributed by atoms with Gasteiger partial charge < -0.3 is 10.4 Å². The molecule has 0 aromatic rings. The lowest BCUT2D eigenvalue weighted by molar-refractivity contribution is 0.147. The molecular weight excluding hydrogens is 186 g/mol. The zero-order valence-electron chi connectivity index (χ0n) is 9.97. The Labute approximate surface area is 93.8 Å². The summed E-state index contributed by atoms with van der Waals surface area (Å²) in [6.45, 7) is 6.26. The summed E-state index contributed by atoms with van der Waals surface area (Å²) in [5.41, 5.74) is 0.0296. The van der Waals surface area contributed by atoms with Gasteiger partial charge in [0, 0.05) is 11.6 Å². The smallest absolute Gasteiger partial charge is 0.0613 e. The first kappa shape index (κ1) is 12.7. The van der Waals surface area contributed by atoms with Crippen LogP contribution in [0.5, 0.6) is 0 Å². The van der Waals surface area contributed by atoms with Gasteiger partial charge in [-0.25, -0.2) is 0 Å². The maximum Gasteiger partial charge on any atom is 0.0613 e. The van der Waals surface area contributed by atoms with Crippen molar-refractivity contribution in [3.05, 3.63) is 12.7 Å². The highest BCUT2D eigenvalue weighted by atomic mass is 16.3. The highest BCUT2D eigenvalue weighted by Gasteiger charge is 2.34. The number of aliphatic hydroxyl groups is 1. The molecule has 0 heterocycles. The molecule has 1 unspecified atom stereocenters. The number of hydrogen-bond donors (Lipinski definition) is 2. The summed E-state index contributed by atoms with van der Waals surface area (Å²) in [6.07, 6.45) is 10.1. The third-order valence-corrected chi connectivity index (χ3v) is 3.59. The van der Waals surface area contributed by atoms with Crippen LogP contribution in [0.1, 0.15) is 51.9 Å². The minimum atomic E-state index is 0.0296. The summed E-state index contributed by atoms with van der Waals surface area (Å²) in [5.74, 6) is 0. The van der Waals surface area contributed by atoms with Crippen molar-refractivity contribution in [3.63, 3.8) is 0 Å². The Morgan fingerprint density at radius 2 is 2.13 bits per heavy atom. The predicted molar refractivity (Wildman–Crippen MR) is 64.9 cm³/mol.